The van der Waals surface area contributed by atoms with E-state index in [4.69, 9.17) is 9.84 Å². The van der Waals surface area contributed by atoms with Crippen LogP contribution in [0.4, 0.5) is 5.69 Å². The Labute approximate surface area is 111 Å². The Hall–Kier alpha value is -2.04. The van der Waals surface area contributed by atoms with E-state index in [1.165, 1.54) is 0 Å². The van der Waals surface area contributed by atoms with Crippen molar-refractivity contribution in [3.05, 3.63) is 24.3 Å². The van der Waals surface area contributed by atoms with Gasteiger partial charge in [-0.15, -0.1) is 0 Å². The summed E-state index contributed by atoms with van der Waals surface area (Å²) in [6.07, 6.45) is 0.269. The van der Waals surface area contributed by atoms with Gasteiger partial charge < -0.3 is 14.7 Å². The number of carbonyl (C=O) groups excluding carboxylic acids is 1. The van der Waals surface area contributed by atoms with Crippen LogP contribution in [0.3, 0.4) is 0 Å². The number of hydrogen-bond donors (Lipinski definition) is 1. The van der Waals surface area contributed by atoms with Crippen molar-refractivity contribution in [3.63, 3.8) is 0 Å². The van der Waals surface area contributed by atoms with Gasteiger partial charge in [0.25, 0.3) is 5.91 Å². The second-order valence-electron chi connectivity index (χ2n) is 4.50. The number of carboxylic acids is 1. The van der Waals surface area contributed by atoms with Crippen molar-refractivity contribution in [3.8, 4) is 5.75 Å². The number of para-hydroxylation sites is 2. The lowest BCUT2D eigenvalue weighted by molar-refractivity contribution is -0.138. The van der Waals surface area contributed by atoms with Crippen molar-refractivity contribution >= 4 is 17.6 Å². The topological polar surface area (TPSA) is 66.8 Å². The van der Waals surface area contributed by atoms with Crippen LogP contribution < -0.4 is 9.64 Å². The third kappa shape index (κ3) is 2.86. The van der Waals surface area contributed by atoms with Gasteiger partial charge in [0.1, 0.15) is 5.75 Å². The lowest BCUT2D eigenvalue weighted by Crippen LogP contribution is -2.46. The minimum atomic E-state index is -0.919. The van der Waals surface area contributed by atoms with Gasteiger partial charge in [-0.2, -0.15) is 0 Å². The summed E-state index contributed by atoms with van der Waals surface area (Å²) in [5.41, 5.74) is 0.765. The van der Waals surface area contributed by atoms with Crippen molar-refractivity contribution in [2.45, 2.75) is 32.3 Å². The van der Waals surface area contributed by atoms with E-state index in [2.05, 4.69) is 0 Å². The highest BCUT2D eigenvalue weighted by Crippen LogP contribution is 2.34. The Balaban J connectivity index is 2.23. The molecule has 19 heavy (non-hydrogen) atoms. The average molecular weight is 263 g/mol. The number of anilines is 1. The van der Waals surface area contributed by atoms with Crippen LogP contribution in [0.5, 0.6) is 5.75 Å². The molecule has 0 spiro atoms. The molecule has 0 bridgehead atoms. The van der Waals surface area contributed by atoms with Gasteiger partial charge in [0.15, 0.2) is 6.10 Å². The van der Waals surface area contributed by atoms with Crippen LogP contribution in [0.1, 0.15) is 26.2 Å². The van der Waals surface area contributed by atoms with E-state index in [-0.39, 0.29) is 18.7 Å². The maximum atomic E-state index is 12.3. The predicted molar refractivity (Wildman–Crippen MR) is 70.4 cm³/mol. The van der Waals surface area contributed by atoms with Crippen LogP contribution in [-0.4, -0.2) is 29.6 Å². The van der Waals surface area contributed by atoms with E-state index < -0.39 is 12.1 Å². The molecule has 0 aliphatic carbocycles. The Bertz CT molecular complexity index is 486. The fourth-order valence-corrected chi connectivity index (χ4v) is 2.17. The first-order chi connectivity index (χ1) is 9.13. The molecular formula is C14H17NO4. The summed E-state index contributed by atoms with van der Waals surface area (Å²) in [5, 5.41) is 8.71. The maximum absolute atomic E-state index is 12.3. The minimum absolute atomic E-state index is 0.0709. The number of carbonyl (C=O) groups is 2. The fraction of sp³-hybridized carbons (Fsp3) is 0.429. The molecular weight excluding hydrogens is 246 g/mol. The second kappa shape index (κ2) is 5.73. The zero-order valence-corrected chi connectivity index (χ0v) is 10.8. The summed E-state index contributed by atoms with van der Waals surface area (Å²) >= 11 is 0. The van der Waals surface area contributed by atoms with E-state index in [0.29, 0.717) is 12.3 Å². The van der Waals surface area contributed by atoms with Crippen molar-refractivity contribution in [1.29, 1.82) is 0 Å². The molecule has 0 radical (unpaired) electrons. The van der Waals surface area contributed by atoms with Gasteiger partial charge in [0.2, 0.25) is 0 Å². The Morgan fingerprint density at radius 2 is 2.16 bits per heavy atom. The molecule has 1 amide bonds. The first kappa shape index (κ1) is 13.4. The highest BCUT2D eigenvalue weighted by Gasteiger charge is 2.33. The number of hydrogen-bond acceptors (Lipinski definition) is 3. The monoisotopic (exact) mass is 263 g/mol. The first-order valence-electron chi connectivity index (χ1n) is 6.42. The average Bonchev–Trinajstić information content (AvgIpc) is 2.40. The number of nitrogens with zero attached hydrogens (tertiary/aromatic N) is 1. The zero-order chi connectivity index (χ0) is 13.8. The summed E-state index contributed by atoms with van der Waals surface area (Å²) in [5.74, 6) is -0.426. The SMILES string of the molecule is CCCN1C(=O)C(CCC(=O)O)Oc2ccccc21. The van der Waals surface area contributed by atoms with Gasteiger partial charge in [0, 0.05) is 19.4 Å². The van der Waals surface area contributed by atoms with Crippen LogP contribution >= 0.6 is 0 Å². The molecule has 0 saturated heterocycles. The van der Waals surface area contributed by atoms with Crippen LogP contribution in [-0.2, 0) is 9.59 Å². The molecule has 0 fully saturated rings. The number of ether oxygens (including phenoxy) is 1. The van der Waals surface area contributed by atoms with Gasteiger partial charge in [-0.3, -0.25) is 9.59 Å². The highest BCUT2D eigenvalue weighted by atomic mass is 16.5. The minimum Gasteiger partial charge on any atom is -0.481 e. The van der Waals surface area contributed by atoms with E-state index in [1.807, 2.05) is 25.1 Å². The summed E-state index contributed by atoms with van der Waals surface area (Å²) in [6, 6.07) is 7.34. The summed E-state index contributed by atoms with van der Waals surface area (Å²) in [7, 11) is 0. The number of aliphatic carboxylic acids is 1. The van der Waals surface area contributed by atoms with Gasteiger partial charge in [-0.1, -0.05) is 19.1 Å². The third-order valence-electron chi connectivity index (χ3n) is 3.03. The van der Waals surface area contributed by atoms with E-state index in [0.717, 1.165) is 12.1 Å². The molecule has 5 heteroatoms. The molecule has 1 N–H and O–H groups in total. The van der Waals surface area contributed by atoms with Crippen LogP contribution in [0.2, 0.25) is 0 Å². The fourth-order valence-electron chi connectivity index (χ4n) is 2.17. The number of amides is 1. The molecule has 1 unspecified atom stereocenters. The Morgan fingerprint density at radius 1 is 1.42 bits per heavy atom. The van der Waals surface area contributed by atoms with Crippen LogP contribution in [0.25, 0.3) is 0 Å². The normalized spacial score (nSPS) is 17.8. The first-order valence-corrected chi connectivity index (χ1v) is 6.42. The van der Waals surface area contributed by atoms with E-state index in [9.17, 15) is 9.59 Å². The third-order valence-corrected chi connectivity index (χ3v) is 3.03. The van der Waals surface area contributed by atoms with Gasteiger partial charge in [0.05, 0.1) is 5.69 Å². The molecule has 0 saturated carbocycles. The standard InChI is InChI=1S/C14H17NO4/c1-2-9-15-10-5-3-4-6-11(10)19-12(14(15)18)7-8-13(16)17/h3-6,12H,2,7-9H2,1H3,(H,16,17). The van der Waals surface area contributed by atoms with Crippen molar-refractivity contribution in [2.24, 2.45) is 0 Å². The van der Waals surface area contributed by atoms with Gasteiger partial charge in [-0.25, -0.2) is 0 Å². The van der Waals surface area contributed by atoms with Crippen LogP contribution in [0.15, 0.2) is 24.3 Å². The highest BCUT2D eigenvalue weighted by molar-refractivity contribution is 6.00. The van der Waals surface area contributed by atoms with Crippen molar-refractivity contribution < 1.29 is 19.4 Å². The zero-order valence-electron chi connectivity index (χ0n) is 10.8. The predicted octanol–water partition coefficient (Wildman–Crippen LogP) is 2.06. The number of carboxylic acid groups (broad SMARTS) is 1. The lowest BCUT2D eigenvalue weighted by atomic mass is 10.1. The van der Waals surface area contributed by atoms with Gasteiger partial charge in [-0.05, 0) is 18.6 Å². The molecule has 2 rings (SSSR count). The molecule has 1 aliphatic heterocycles. The number of fused-ring (bicyclic) bond motifs is 1. The number of benzene rings is 1. The Morgan fingerprint density at radius 3 is 2.84 bits per heavy atom. The van der Waals surface area contributed by atoms with Crippen molar-refractivity contribution in [2.75, 3.05) is 11.4 Å². The quantitative estimate of drug-likeness (QED) is 0.883. The largest absolute Gasteiger partial charge is 0.481 e. The second-order valence-corrected chi connectivity index (χ2v) is 4.50. The molecule has 5 nitrogen and oxygen atoms in total. The lowest BCUT2D eigenvalue weighted by Gasteiger charge is -2.34. The number of rotatable bonds is 5. The molecule has 1 aromatic rings. The Kier molecular flexibility index (Phi) is 4.04. The molecule has 1 aliphatic rings. The van der Waals surface area contributed by atoms with E-state index >= 15 is 0 Å². The van der Waals surface area contributed by atoms with Gasteiger partial charge >= 0.3 is 5.97 Å². The maximum Gasteiger partial charge on any atom is 0.303 e. The molecule has 102 valence electrons. The molecule has 1 atom stereocenters. The summed E-state index contributed by atoms with van der Waals surface area (Å²) < 4.78 is 5.62. The molecule has 0 aromatic heterocycles. The van der Waals surface area contributed by atoms with Crippen LogP contribution in [0, 0.1) is 0 Å². The molecule has 1 heterocycles. The molecule has 1 aromatic carbocycles. The van der Waals surface area contributed by atoms with E-state index in [1.54, 1.807) is 11.0 Å². The summed E-state index contributed by atoms with van der Waals surface area (Å²) in [4.78, 5) is 24.6. The smallest absolute Gasteiger partial charge is 0.303 e. The summed E-state index contributed by atoms with van der Waals surface area (Å²) in [6.45, 7) is 2.61. The van der Waals surface area contributed by atoms with Crippen molar-refractivity contribution in [1.82, 2.24) is 0 Å².